The number of aryl methyl sites for hydroxylation is 1. The van der Waals surface area contributed by atoms with E-state index in [1.54, 1.807) is 12.1 Å². The lowest BCUT2D eigenvalue weighted by atomic mass is 10.2. The van der Waals surface area contributed by atoms with E-state index in [4.69, 9.17) is 22.1 Å². The Hall–Kier alpha value is -1.81. The molecule has 0 amide bonds. The highest BCUT2D eigenvalue weighted by Crippen LogP contribution is 2.27. The first kappa shape index (κ1) is 13.6. The minimum Gasteiger partial charge on any atom is -0.439 e. The highest BCUT2D eigenvalue weighted by Gasteiger charge is 2.09. The van der Waals surface area contributed by atoms with Crippen molar-refractivity contribution in [1.82, 2.24) is 9.97 Å². The quantitative estimate of drug-likeness (QED) is 0.923. The molecule has 0 unspecified atom stereocenters. The summed E-state index contributed by atoms with van der Waals surface area (Å²) >= 11 is 5.91. The number of rotatable bonds is 3. The number of hydrogen-bond acceptors (Lipinski definition) is 4. The fourth-order valence-corrected chi connectivity index (χ4v) is 1.84. The Morgan fingerprint density at radius 1 is 1.21 bits per heavy atom. The van der Waals surface area contributed by atoms with Gasteiger partial charge in [-0.3, -0.25) is 0 Å². The summed E-state index contributed by atoms with van der Waals surface area (Å²) in [6.45, 7) is 5.94. The molecule has 0 aliphatic rings. The molecule has 0 saturated carbocycles. The molecule has 0 radical (unpaired) electrons. The fraction of sp³-hybridized carbons (Fsp3) is 0.286. The van der Waals surface area contributed by atoms with Gasteiger partial charge in [-0.1, -0.05) is 25.4 Å². The molecular formula is C14H16ClN3O. The number of aromatic nitrogens is 2. The third-order valence-electron chi connectivity index (χ3n) is 2.61. The summed E-state index contributed by atoms with van der Waals surface area (Å²) < 4.78 is 5.75. The molecule has 2 rings (SSSR count). The molecule has 2 N–H and O–H groups in total. The van der Waals surface area contributed by atoms with Gasteiger partial charge in [-0.05, 0) is 30.7 Å². The van der Waals surface area contributed by atoms with E-state index in [0.717, 1.165) is 5.56 Å². The van der Waals surface area contributed by atoms with Crippen molar-refractivity contribution < 1.29 is 4.74 Å². The van der Waals surface area contributed by atoms with Crippen LogP contribution in [-0.2, 0) is 0 Å². The first-order valence-corrected chi connectivity index (χ1v) is 6.42. The number of hydrogen-bond donors (Lipinski definition) is 1. The van der Waals surface area contributed by atoms with Crippen molar-refractivity contribution >= 4 is 17.4 Å². The van der Waals surface area contributed by atoms with Gasteiger partial charge in [0.05, 0.1) is 0 Å². The molecule has 0 spiro atoms. The number of nitrogen functional groups attached to an aromatic ring is 1. The third-order valence-corrected chi connectivity index (χ3v) is 2.84. The average molecular weight is 278 g/mol. The molecule has 0 atom stereocenters. The predicted octanol–water partition coefficient (Wildman–Crippen LogP) is 3.94. The Bertz CT molecular complexity index is 599. The highest BCUT2D eigenvalue weighted by atomic mass is 35.5. The summed E-state index contributed by atoms with van der Waals surface area (Å²) in [5.74, 6) is 2.41. The van der Waals surface area contributed by atoms with Crippen LogP contribution in [0.25, 0.3) is 0 Å². The van der Waals surface area contributed by atoms with Gasteiger partial charge in [-0.15, -0.1) is 0 Å². The Morgan fingerprint density at radius 2 is 1.95 bits per heavy atom. The van der Waals surface area contributed by atoms with Crippen molar-refractivity contribution in [3.63, 3.8) is 0 Å². The summed E-state index contributed by atoms with van der Waals surface area (Å²) in [7, 11) is 0. The largest absolute Gasteiger partial charge is 0.439 e. The van der Waals surface area contributed by atoms with E-state index in [9.17, 15) is 0 Å². The second kappa shape index (κ2) is 5.45. The average Bonchev–Trinajstić information content (AvgIpc) is 2.32. The smallest absolute Gasteiger partial charge is 0.224 e. The van der Waals surface area contributed by atoms with Crippen LogP contribution in [0, 0.1) is 6.92 Å². The standard InChI is InChI=1S/C14H16ClN3O/c1-8(2)14-17-12(16)7-13(18-14)19-11-5-4-10(15)6-9(11)3/h4-8H,1-3H3,(H2,16,17,18). The van der Waals surface area contributed by atoms with Crippen LogP contribution < -0.4 is 10.5 Å². The lowest BCUT2D eigenvalue weighted by Crippen LogP contribution is -2.03. The maximum Gasteiger partial charge on any atom is 0.224 e. The van der Waals surface area contributed by atoms with Gasteiger partial charge < -0.3 is 10.5 Å². The van der Waals surface area contributed by atoms with Crippen molar-refractivity contribution in [2.75, 3.05) is 5.73 Å². The number of benzene rings is 1. The maximum atomic E-state index is 5.91. The van der Waals surface area contributed by atoms with E-state index in [0.29, 0.717) is 28.3 Å². The van der Waals surface area contributed by atoms with E-state index < -0.39 is 0 Å². The highest BCUT2D eigenvalue weighted by molar-refractivity contribution is 6.30. The molecular weight excluding hydrogens is 262 g/mol. The van der Waals surface area contributed by atoms with E-state index in [-0.39, 0.29) is 5.92 Å². The van der Waals surface area contributed by atoms with Gasteiger partial charge in [0.1, 0.15) is 17.4 Å². The van der Waals surface area contributed by atoms with Crippen molar-refractivity contribution in [2.45, 2.75) is 26.7 Å². The Balaban J connectivity index is 2.32. The fourth-order valence-electron chi connectivity index (χ4n) is 1.61. The molecule has 0 bridgehead atoms. The zero-order valence-corrected chi connectivity index (χ0v) is 11.9. The van der Waals surface area contributed by atoms with Crippen LogP contribution in [0.1, 0.15) is 31.2 Å². The molecule has 0 aliphatic heterocycles. The number of anilines is 1. The Kier molecular flexibility index (Phi) is 3.90. The van der Waals surface area contributed by atoms with Gasteiger partial charge in [0.15, 0.2) is 0 Å². The number of nitrogens with two attached hydrogens (primary N) is 1. The van der Waals surface area contributed by atoms with Crippen LogP contribution in [0.3, 0.4) is 0 Å². The van der Waals surface area contributed by atoms with Crippen LogP contribution in [0.2, 0.25) is 5.02 Å². The van der Waals surface area contributed by atoms with Gasteiger partial charge in [0.2, 0.25) is 5.88 Å². The van der Waals surface area contributed by atoms with Gasteiger partial charge in [0, 0.05) is 17.0 Å². The topological polar surface area (TPSA) is 61.0 Å². The van der Waals surface area contributed by atoms with Crippen LogP contribution in [-0.4, -0.2) is 9.97 Å². The van der Waals surface area contributed by atoms with Crippen LogP contribution in [0.5, 0.6) is 11.6 Å². The zero-order chi connectivity index (χ0) is 14.0. The van der Waals surface area contributed by atoms with Crippen molar-refractivity contribution in [3.05, 3.63) is 40.7 Å². The molecule has 100 valence electrons. The molecule has 19 heavy (non-hydrogen) atoms. The lowest BCUT2D eigenvalue weighted by molar-refractivity contribution is 0.454. The van der Waals surface area contributed by atoms with Crippen LogP contribution in [0.15, 0.2) is 24.3 Å². The molecule has 1 aromatic carbocycles. The molecule has 2 aromatic rings. The predicted molar refractivity (Wildman–Crippen MR) is 76.8 cm³/mol. The normalized spacial score (nSPS) is 10.8. The molecule has 0 saturated heterocycles. The summed E-state index contributed by atoms with van der Waals surface area (Å²) in [4.78, 5) is 8.52. The van der Waals surface area contributed by atoms with Crippen molar-refractivity contribution in [3.8, 4) is 11.6 Å². The maximum absolute atomic E-state index is 5.91. The minimum atomic E-state index is 0.192. The van der Waals surface area contributed by atoms with E-state index in [1.165, 1.54) is 0 Å². The molecule has 0 aliphatic carbocycles. The molecule has 1 aromatic heterocycles. The second-order valence-electron chi connectivity index (χ2n) is 4.66. The van der Waals surface area contributed by atoms with Gasteiger partial charge in [-0.2, -0.15) is 4.98 Å². The van der Waals surface area contributed by atoms with Crippen molar-refractivity contribution in [1.29, 1.82) is 0 Å². The molecule has 0 fully saturated rings. The van der Waals surface area contributed by atoms with Gasteiger partial charge >= 0.3 is 0 Å². The van der Waals surface area contributed by atoms with E-state index in [2.05, 4.69) is 9.97 Å². The summed E-state index contributed by atoms with van der Waals surface area (Å²) in [5.41, 5.74) is 6.70. The SMILES string of the molecule is Cc1cc(Cl)ccc1Oc1cc(N)nc(C(C)C)n1. The van der Waals surface area contributed by atoms with Gasteiger partial charge in [0.25, 0.3) is 0 Å². The molecule has 4 nitrogen and oxygen atoms in total. The number of ether oxygens (including phenoxy) is 1. The first-order valence-electron chi connectivity index (χ1n) is 6.04. The van der Waals surface area contributed by atoms with Crippen LogP contribution in [0.4, 0.5) is 5.82 Å². The summed E-state index contributed by atoms with van der Waals surface area (Å²) in [5, 5.41) is 0.676. The first-order chi connectivity index (χ1) is 8.95. The van der Waals surface area contributed by atoms with E-state index in [1.807, 2.05) is 32.9 Å². The van der Waals surface area contributed by atoms with Gasteiger partial charge in [-0.25, -0.2) is 4.98 Å². The third kappa shape index (κ3) is 3.35. The summed E-state index contributed by atoms with van der Waals surface area (Å²) in [6.07, 6.45) is 0. The zero-order valence-electron chi connectivity index (χ0n) is 11.1. The summed E-state index contributed by atoms with van der Waals surface area (Å²) in [6, 6.07) is 7.04. The Morgan fingerprint density at radius 3 is 2.58 bits per heavy atom. The molecule has 1 heterocycles. The Labute approximate surface area is 117 Å². The van der Waals surface area contributed by atoms with E-state index >= 15 is 0 Å². The van der Waals surface area contributed by atoms with Crippen LogP contribution >= 0.6 is 11.6 Å². The molecule has 5 heteroatoms. The second-order valence-corrected chi connectivity index (χ2v) is 5.09. The number of nitrogens with zero attached hydrogens (tertiary/aromatic N) is 2. The lowest BCUT2D eigenvalue weighted by Gasteiger charge is -2.11. The monoisotopic (exact) mass is 277 g/mol. The van der Waals surface area contributed by atoms with Crippen molar-refractivity contribution in [2.24, 2.45) is 0 Å². The minimum absolute atomic E-state index is 0.192. The number of halogens is 1.